The van der Waals surface area contributed by atoms with E-state index in [0.29, 0.717) is 17.9 Å². The average molecular weight is 276 g/mol. The van der Waals surface area contributed by atoms with Crippen LogP contribution in [-0.2, 0) is 0 Å². The predicted octanol–water partition coefficient (Wildman–Crippen LogP) is 3.39. The first kappa shape index (κ1) is 11.3. The Hall–Kier alpha value is -0.800. The van der Waals surface area contributed by atoms with Crippen molar-refractivity contribution in [2.75, 3.05) is 6.61 Å². The molecule has 14 heavy (non-hydrogen) atoms. The van der Waals surface area contributed by atoms with Crippen molar-refractivity contribution in [3.05, 3.63) is 39.8 Å². The van der Waals surface area contributed by atoms with Crippen molar-refractivity contribution in [3.63, 3.8) is 0 Å². The SMILES string of the molecule is O=Cc1cccc(Br)c1OC/C=C/Cl. The Morgan fingerprint density at radius 2 is 2.29 bits per heavy atom. The fourth-order valence-corrected chi connectivity index (χ4v) is 1.51. The number of rotatable bonds is 4. The molecule has 0 radical (unpaired) electrons. The summed E-state index contributed by atoms with van der Waals surface area (Å²) in [5.74, 6) is 0.539. The number of hydrogen-bond acceptors (Lipinski definition) is 2. The molecule has 1 aromatic rings. The minimum Gasteiger partial charge on any atom is -0.488 e. The summed E-state index contributed by atoms with van der Waals surface area (Å²) in [5, 5.41) is 0. The monoisotopic (exact) mass is 274 g/mol. The third-order valence-corrected chi connectivity index (χ3v) is 2.34. The van der Waals surface area contributed by atoms with Crippen LogP contribution in [0.3, 0.4) is 0 Å². The molecular formula is C10H8BrClO2. The minimum atomic E-state index is 0.340. The molecule has 0 amide bonds. The molecule has 0 spiro atoms. The lowest BCUT2D eigenvalue weighted by Gasteiger charge is -2.07. The fourth-order valence-electron chi connectivity index (χ4n) is 0.938. The lowest BCUT2D eigenvalue weighted by atomic mass is 10.2. The standard InChI is InChI=1S/C10H8BrClO2/c11-9-4-1-3-8(7-13)10(9)14-6-2-5-12/h1-5,7H,6H2/b5-2+. The van der Waals surface area contributed by atoms with Crippen LogP contribution in [-0.4, -0.2) is 12.9 Å². The summed E-state index contributed by atoms with van der Waals surface area (Å²) < 4.78 is 6.10. The Bertz CT molecular complexity index is 350. The smallest absolute Gasteiger partial charge is 0.153 e. The van der Waals surface area contributed by atoms with Crippen LogP contribution in [0.5, 0.6) is 5.75 Å². The van der Waals surface area contributed by atoms with Gasteiger partial charge in [0.25, 0.3) is 0 Å². The van der Waals surface area contributed by atoms with E-state index in [4.69, 9.17) is 16.3 Å². The Balaban J connectivity index is 2.87. The van der Waals surface area contributed by atoms with Crippen molar-refractivity contribution >= 4 is 33.8 Å². The number of halogens is 2. The second-order valence-corrected chi connectivity index (χ2v) is 3.56. The molecule has 1 aromatic carbocycles. The normalized spacial score (nSPS) is 10.4. The van der Waals surface area contributed by atoms with Gasteiger partial charge in [-0.15, -0.1) is 0 Å². The van der Waals surface area contributed by atoms with Crippen LogP contribution in [0.1, 0.15) is 10.4 Å². The zero-order valence-electron chi connectivity index (χ0n) is 7.24. The highest BCUT2D eigenvalue weighted by atomic mass is 79.9. The van der Waals surface area contributed by atoms with Gasteiger partial charge in [-0.3, -0.25) is 4.79 Å². The number of carbonyl (C=O) groups excluding carboxylic acids is 1. The number of ether oxygens (including phenoxy) is 1. The molecule has 0 aliphatic heterocycles. The molecular weight excluding hydrogens is 267 g/mol. The van der Waals surface area contributed by atoms with Gasteiger partial charge in [-0.05, 0) is 34.1 Å². The molecule has 0 bridgehead atoms. The number of hydrogen-bond donors (Lipinski definition) is 0. The molecule has 4 heteroatoms. The first-order valence-electron chi connectivity index (χ1n) is 3.91. The molecule has 0 aliphatic carbocycles. The second kappa shape index (κ2) is 5.83. The Kier molecular flexibility index (Phi) is 4.70. The highest BCUT2D eigenvalue weighted by molar-refractivity contribution is 9.10. The molecule has 0 aliphatic rings. The second-order valence-electron chi connectivity index (χ2n) is 2.45. The molecule has 0 fully saturated rings. The van der Waals surface area contributed by atoms with Gasteiger partial charge < -0.3 is 4.74 Å². The van der Waals surface area contributed by atoms with Gasteiger partial charge in [0, 0.05) is 5.54 Å². The van der Waals surface area contributed by atoms with Gasteiger partial charge in [-0.1, -0.05) is 17.7 Å². The van der Waals surface area contributed by atoms with E-state index < -0.39 is 0 Å². The van der Waals surface area contributed by atoms with E-state index in [9.17, 15) is 4.79 Å². The average Bonchev–Trinajstić information content (AvgIpc) is 2.20. The third kappa shape index (κ3) is 2.86. The summed E-state index contributed by atoms with van der Waals surface area (Å²) in [6.07, 6.45) is 2.40. The highest BCUT2D eigenvalue weighted by Crippen LogP contribution is 2.27. The van der Waals surface area contributed by atoms with Gasteiger partial charge in [0.1, 0.15) is 12.4 Å². The van der Waals surface area contributed by atoms with Gasteiger partial charge in [-0.25, -0.2) is 0 Å². The van der Waals surface area contributed by atoms with Crippen LogP contribution in [0.25, 0.3) is 0 Å². The van der Waals surface area contributed by atoms with Gasteiger partial charge in [0.05, 0.1) is 10.0 Å². The highest BCUT2D eigenvalue weighted by Gasteiger charge is 2.05. The summed E-state index contributed by atoms with van der Waals surface area (Å²) in [4.78, 5) is 10.7. The van der Waals surface area contributed by atoms with Crippen LogP contribution in [0.2, 0.25) is 0 Å². The van der Waals surface area contributed by atoms with E-state index in [0.717, 1.165) is 10.8 Å². The molecule has 0 N–H and O–H groups in total. The Labute approximate surface area is 95.6 Å². The molecule has 0 saturated heterocycles. The van der Waals surface area contributed by atoms with Crippen LogP contribution in [0.4, 0.5) is 0 Å². The molecule has 74 valence electrons. The molecule has 0 atom stereocenters. The van der Waals surface area contributed by atoms with E-state index in [1.54, 1.807) is 18.2 Å². The summed E-state index contributed by atoms with van der Waals surface area (Å²) in [6, 6.07) is 5.28. The Morgan fingerprint density at radius 1 is 1.50 bits per heavy atom. The maximum atomic E-state index is 10.7. The van der Waals surface area contributed by atoms with E-state index in [2.05, 4.69) is 15.9 Å². The van der Waals surface area contributed by atoms with Crippen LogP contribution in [0.15, 0.2) is 34.3 Å². The van der Waals surface area contributed by atoms with Crippen molar-refractivity contribution in [3.8, 4) is 5.75 Å². The van der Waals surface area contributed by atoms with Crippen molar-refractivity contribution in [2.24, 2.45) is 0 Å². The van der Waals surface area contributed by atoms with Crippen LogP contribution in [0, 0.1) is 0 Å². The predicted molar refractivity (Wildman–Crippen MR) is 60.0 cm³/mol. The van der Waals surface area contributed by atoms with E-state index in [1.165, 1.54) is 5.54 Å². The van der Waals surface area contributed by atoms with E-state index in [1.807, 2.05) is 6.07 Å². The maximum absolute atomic E-state index is 10.7. The summed E-state index contributed by atoms with van der Waals surface area (Å²) in [7, 11) is 0. The summed E-state index contributed by atoms with van der Waals surface area (Å²) >= 11 is 8.64. The number of aldehydes is 1. The van der Waals surface area contributed by atoms with Crippen molar-refractivity contribution in [1.29, 1.82) is 0 Å². The van der Waals surface area contributed by atoms with Crippen molar-refractivity contribution in [1.82, 2.24) is 0 Å². The first-order chi connectivity index (χ1) is 6.79. The van der Waals surface area contributed by atoms with Crippen molar-refractivity contribution in [2.45, 2.75) is 0 Å². The lowest BCUT2D eigenvalue weighted by Crippen LogP contribution is -1.97. The van der Waals surface area contributed by atoms with Gasteiger partial charge in [0.15, 0.2) is 6.29 Å². The van der Waals surface area contributed by atoms with E-state index in [-0.39, 0.29) is 0 Å². The minimum absolute atomic E-state index is 0.340. The molecule has 0 unspecified atom stereocenters. The summed E-state index contributed by atoms with van der Waals surface area (Å²) in [6.45, 7) is 0.340. The lowest BCUT2D eigenvalue weighted by molar-refractivity contribution is 0.112. The van der Waals surface area contributed by atoms with Gasteiger partial charge in [-0.2, -0.15) is 0 Å². The quantitative estimate of drug-likeness (QED) is 0.787. The van der Waals surface area contributed by atoms with E-state index >= 15 is 0 Å². The van der Waals surface area contributed by atoms with Crippen LogP contribution < -0.4 is 4.74 Å². The fraction of sp³-hybridized carbons (Fsp3) is 0.100. The zero-order valence-corrected chi connectivity index (χ0v) is 9.59. The maximum Gasteiger partial charge on any atom is 0.153 e. The Morgan fingerprint density at radius 3 is 2.93 bits per heavy atom. The molecule has 0 heterocycles. The number of benzene rings is 1. The molecule has 1 rings (SSSR count). The topological polar surface area (TPSA) is 26.3 Å². The first-order valence-corrected chi connectivity index (χ1v) is 5.14. The largest absolute Gasteiger partial charge is 0.488 e. The number of carbonyl (C=O) groups is 1. The third-order valence-electron chi connectivity index (χ3n) is 1.54. The van der Waals surface area contributed by atoms with Gasteiger partial charge in [0.2, 0.25) is 0 Å². The van der Waals surface area contributed by atoms with Gasteiger partial charge >= 0.3 is 0 Å². The van der Waals surface area contributed by atoms with Crippen molar-refractivity contribution < 1.29 is 9.53 Å². The zero-order chi connectivity index (χ0) is 10.4. The number of para-hydroxylation sites is 1. The summed E-state index contributed by atoms with van der Waals surface area (Å²) in [5.41, 5.74) is 1.89. The van der Waals surface area contributed by atoms with Crippen LogP contribution >= 0.6 is 27.5 Å². The molecule has 2 nitrogen and oxygen atoms in total. The molecule has 0 saturated carbocycles. The molecule has 0 aromatic heterocycles.